The summed E-state index contributed by atoms with van der Waals surface area (Å²) in [5, 5.41) is 0. The Morgan fingerprint density at radius 2 is 2.00 bits per heavy atom. The van der Waals surface area contributed by atoms with Crippen molar-refractivity contribution < 1.29 is 0 Å². The van der Waals surface area contributed by atoms with E-state index in [0.717, 1.165) is 36.5 Å². The molecule has 2 rings (SSSR count). The van der Waals surface area contributed by atoms with E-state index in [1.54, 1.807) is 0 Å². The smallest absolute Gasteiger partial charge is 0.109 e. The van der Waals surface area contributed by atoms with Gasteiger partial charge in [0, 0.05) is 18.7 Å². The quantitative estimate of drug-likeness (QED) is 0.709. The van der Waals surface area contributed by atoms with E-state index >= 15 is 0 Å². The summed E-state index contributed by atoms with van der Waals surface area (Å²) in [4.78, 5) is 4.81. The summed E-state index contributed by atoms with van der Waals surface area (Å²) in [6, 6.07) is 6.12. The van der Waals surface area contributed by atoms with E-state index in [2.05, 4.69) is 31.4 Å². The van der Waals surface area contributed by atoms with Gasteiger partial charge in [-0.2, -0.15) is 0 Å². The highest BCUT2D eigenvalue weighted by Crippen LogP contribution is 2.24. The number of nitrogens with two attached hydrogens (primary N) is 1. The van der Waals surface area contributed by atoms with Crippen molar-refractivity contribution in [2.45, 2.75) is 65.8 Å². The molecule has 0 bridgehead atoms. The number of anilines is 1. The highest BCUT2D eigenvalue weighted by atomic mass is 15.1. The zero-order chi connectivity index (χ0) is 15.2. The van der Waals surface area contributed by atoms with E-state index in [1.165, 1.54) is 37.0 Å². The third-order valence-electron chi connectivity index (χ3n) is 4.31. The number of aryl methyl sites for hydroxylation is 1. The zero-order valence-electron chi connectivity index (χ0n) is 13.7. The normalized spacial score (nSPS) is 12.9. The lowest BCUT2D eigenvalue weighted by Crippen LogP contribution is -2.13. The molecule has 0 radical (unpaired) electrons. The maximum atomic E-state index is 5.90. The molecule has 21 heavy (non-hydrogen) atoms. The summed E-state index contributed by atoms with van der Waals surface area (Å²) >= 11 is 0. The molecule has 1 atom stereocenters. The number of nitrogen functional groups attached to an aromatic ring is 1. The molecule has 3 heteroatoms. The number of hydrogen-bond donors (Lipinski definition) is 1. The molecule has 3 nitrogen and oxygen atoms in total. The number of imidazole rings is 1. The summed E-state index contributed by atoms with van der Waals surface area (Å²) in [5.74, 6) is 1.96. The van der Waals surface area contributed by atoms with Gasteiger partial charge in [0.05, 0.1) is 11.0 Å². The Balaban J connectivity index is 2.32. The third-order valence-corrected chi connectivity index (χ3v) is 4.31. The average Bonchev–Trinajstić information content (AvgIpc) is 2.80. The second-order valence-corrected chi connectivity index (χ2v) is 6.05. The molecule has 1 aromatic carbocycles. The Bertz CT molecular complexity index is 571. The highest BCUT2D eigenvalue weighted by molar-refractivity contribution is 5.79. The van der Waals surface area contributed by atoms with Crippen molar-refractivity contribution in [2.75, 3.05) is 5.73 Å². The summed E-state index contributed by atoms with van der Waals surface area (Å²) < 4.78 is 2.43. The molecule has 0 saturated heterocycles. The molecule has 1 aromatic heterocycles. The molecule has 1 heterocycles. The van der Waals surface area contributed by atoms with Crippen molar-refractivity contribution in [3.05, 3.63) is 24.0 Å². The van der Waals surface area contributed by atoms with Crippen LogP contribution in [-0.4, -0.2) is 9.55 Å². The Morgan fingerprint density at radius 1 is 1.19 bits per heavy atom. The van der Waals surface area contributed by atoms with E-state index in [0.29, 0.717) is 0 Å². The zero-order valence-corrected chi connectivity index (χ0v) is 13.7. The van der Waals surface area contributed by atoms with Gasteiger partial charge < -0.3 is 10.3 Å². The second kappa shape index (κ2) is 7.48. The van der Waals surface area contributed by atoms with Crippen LogP contribution in [0.15, 0.2) is 18.2 Å². The van der Waals surface area contributed by atoms with Crippen LogP contribution < -0.4 is 5.73 Å². The SMILES string of the molecule is CCCCC(CC)Cn1c(CCC)nc2cc(N)ccc21. The minimum atomic E-state index is 0.746. The van der Waals surface area contributed by atoms with Crippen LogP contribution in [0.25, 0.3) is 11.0 Å². The first-order chi connectivity index (χ1) is 10.2. The minimum absolute atomic E-state index is 0.746. The first-order valence-corrected chi connectivity index (χ1v) is 8.44. The molecule has 0 amide bonds. The lowest BCUT2D eigenvalue weighted by atomic mass is 9.99. The van der Waals surface area contributed by atoms with E-state index in [9.17, 15) is 0 Å². The van der Waals surface area contributed by atoms with Gasteiger partial charge in [-0.05, 0) is 37.0 Å². The molecule has 1 unspecified atom stereocenters. The second-order valence-electron chi connectivity index (χ2n) is 6.05. The highest BCUT2D eigenvalue weighted by Gasteiger charge is 2.14. The number of benzene rings is 1. The van der Waals surface area contributed by atoms with E-state index < -0.39 is 0 Å². The molecule has 0 saturated carbocycles. The Kier molecular flexibility index (Phi) is 5.66. The van der Waals surface area contributed by atoms with Gasteiger partial charge in [0.15, 0.2) is 0 Å². The average molecular weight is 287 g/mol. The van der Waals surface area contributed by atoms with Crippen LogP contribution in [-0.2, 0) is 13.0 Å². The Morgan fingerprint density at radius 3 is 2.67 bits per heavy atom. The molecule has 2 N–H and O–H groups in total. The number of nitrogens with zero attached hydrogens (tertiary/aromatic N) is 2. The molecule has 0 aliphatic carbocycles. The maximum Gasteiger partial charge on any atom is 0.109 e. The van der Waals surface area contributed by atoms with Crippen LogP contribution in [0.3, 0.4) is 0 Å². The topological polar surface area (TPSA) is 43.8 Å². The summed E-state index contributed by atoms with van der Waals surface area (Å²) in [5.41, 5.74) is 8.98. The first-order valence-electron chi connectivity index (χ1n) is 8.44. The monoisotopic (exact) mass is 287 g/mol. The van der Waals surface area contributed by atoms with Gasteiger partial charge in [-0.1, -0.05) is 40.0 Å². The lowest BCUT2D eigenvalue weighted by Gasteiger charge is -2.17. The van der Waals surface area contributed by atoms with E-state index in [4.69, 9.17) is 10.7 Å². The third kappa shape index (κ3) is 3.78. The summed E-state index contributed by atoms with van der Waals surface area (Å²) in [7, 11) is 0. The number of aromatic nitrogens is 2. The van der Waals surface area contributed by atoms with Crippen LogP contribution in [0.5, 0.6) is 0 Å². The predicted octanol–water partition coefficient (Wildman–Crippen LogP) is 4.79. The van der Waals surface area contributed by atoms with Crippen molar-refractivity contribution in [2.24, 2.45) is 5.92 Å². The van der Waals surface area contributed by atoms with Crippen molar-refractivity contribution in [3.8, 4) is 0 Å². The van der Waals surface area contributed by atoms with Crippen molar-refractivity contribution in [1.29, 1.82) is 0 Å². The molecule has 0 spiro atoms. The minimum Gasteiger partial charge on any atom is -0.399 e. The Labute approximate surface area is 128 Å². The fraction of sp³-hybridized carbons (Fsp3) is 0.611. The van der Waals surface area contributed by atoms with Gasteiger partial charge in [0.1, 0.15) is 5.82 Å². The molecular weight excluding hydrogens is 258 g/mol. The van der Waals surface area contributed by atoms with Gasteiger partial charge in [-0.25, -0.2) is 4.98 Å². The van der Waals surface area contributed by atoms with Gasteiger partial charge in [-0.15, -0.1) is 0 Å². The van der Waals surface area contributed by atoms with Crippen LogP contribution in [0, 0.1) is 5.92 Å². The van der Waals surface area contributed by atoms with Crippen LogP contribution >= 0.6 is 0 Å². The standard InChI is InChI=1S/C18H29N3/c1-4-7-9-14(6-3)13-21-17-11-10-15(19)12-16(17)20-18(21)8-5-2/h10-12,14H,4-9,13,19H2,1-3H3. The number of fused-ring (bicyclic) bond motifs is 1. The fourth-order valence-electron chi connectivity index (χ4n) is 2.99. The predicted molar refractivity (Wildman–Crippen MR) is 91.4 cm³/mol. The first kappa shape index (κ1) is 15.9. The van der Waals surface area contributed by atoms with Gasteiger partial charge >= 0.3 is 0 Å². The van der Waals surface area contributed by atoms with E-state index in [-0.39, 0.29) is 0 Å². The number of unbranched alkanes of at least 4 members (excludes halogenated alkanes) is 1. The van der Waals surface area contributed by atoms with Crippen molar-refractivity contribution in [3.63, 3.8) is 0 Å². The van der Waals surface area contributed by atoms with Crippen LogP contribution in [0.2, 0.25) is 0 Å². The molecule has 116 valence electrons. The largest absolute Gasteiger partial charge is 0.399 e. The lowest BCUT2D eigenvalue weighted by molar-refractivity contribution is 0.389. The fourth-order valence-corrected chi connectivity index (χ4v) is 2.99. The molecule has 0 aliphatic rings. The maximum absolute atomic E-state index is 5.90. The molecule has 2 aromatic rings. The van der Waals surface area contributed by atoms with Gasteiger partial charge in [0.25, 0.3) is 0 Å². The molecule has 0 fully saturated rings. The molecule has 0 aliphatic heterocycles. The van der Waals surface area contributed by atoms with Crippen molar-refractivity contribution in [1.82, 2.24) is 9.55 Å². The number of rotatable bonds is 8. The van der Waals surface area contributed by atoms with Gasteiger partial charge in [-0.3, -0.25) is 0 Å². The van der Waals surface area contributed by atoms with E-state index in [1.807, 2.05) is 12.1 Å². The molecular formula is C18H29N3. The van der Waals surface area contributed by atoms with Crippen LogP contribution in [0.1, 0.15) is 58.7 Å². The Hall–Kier alpha value is -1.51. The number of hydrogen-bond acceptors (Lipinski definition) is 2. The van der Waals surface area contributed by atoms with Crippen molar-refractivity contribution >= 4 is 16.7 Å². The summed E-state index contributed by atoms with van der Waals surface area (Å²) in [6.45, 7) is 7.88. The van der Waals surface area contributed by atoms with Gasteiger partial charge in [0.2, 0.25) is 0 Å². The van der Waals surface area contributed by atoms with Crippen LogP contribution in [0.4, 0.5) is 5.69 Å². The summed E-state index contributed by atoms with van der Waals surface area (Å²) in [6.07, 6.45) is 7.32.